The summed E-state index contributed by atoms with van der Waals surface area (Å²) in [5.74, 6) is -0.912. The number of esters is 3. The van der Waals surface area contributed by atoms with E-state index < -0.39 is 17.4 Å². The zero-order valence-corrected chi connectivity index (χ0v) is 29.3. The highest BCUT2D eigenvalue weighted by molar-refractivity contribution is 6.04. The summed E-state index contributed by atoms with van der Waals surface area (Å²) in [5, 5.41) is 0. The molecule has 4 rings (SSSR count). The molecule has 1 aliphatic heterocycles. The third-order valence-electron chi connectivity index (χ3n) is 10.3. The van der Waals surface area contributed by atoms with Crippen molar-refractivity contribution in [2.45, 2.75) is 104 Å². The Morgan fingerprint density at radius 2 is 1.48 bits per heavy atom. The third-order valence-corrected chi connectivity index (χ3v) is 10.3. The van der Waals surface area contributed by atoms with Crippen LogP contribution in [0.5, 0.6) is 0 Å². The van der Waals surface area contributed by atoms with E-state index in [-0.39, 0.29) is 43.2 Å². The molecular formula is C38H54N2O8. The smallest absolute Gasteiger partial charge is 0.302 e. The molecule has 1 aromatic heterocycles. The molecule has 2 aliphatic rings. The van der Waals surface area contributed by atoms with Crippen molar-refractivity contribution in [1.29, 1.82) is 0 Å². The predicted molar refractivity (Wildman–Crippen MR) is 182 cm³/mol. The molecule has 1 aromatic carbocycles. The Hall–Kier alpha value is -3.66. The standard InChI is InChI=1S/C38H54N2O8/c1-29-10-12-33(13-11-29)40(36(44)35-9-8-25-46-35)34-14-22-39(23-15-34)24-20-37(16-6-5-7-17-37)18-19-38(27-47-31(3)42,28-48-32(4)43)21-26-45-30(2)41/h8-13,25,34H,5-7,14-24,26-28H2,1-4H3. The second kappa shape index (κ2) is 17.7. The molecule has 2 aromatic rings. The normalized spacial score (nSPS) is 17.0. The number of carbonyl (C=O) groups excluding carboxylic acids is 4. The zero-order chi connectivity index (χ0) is 34.6. The van der Waals surface area contributed by atoms with E-state index in [1.165, 1.54) is 40.0 Å². The molecule has 1 saturated heterocycles. The minimum absolute atomic E-state index is 0.0746. The summed E-state index contributed by atoms with van der Waals surface area (Å²) in [6.07, 6.45) is 12.2. The van der Waals surface area contributed by atoms with Gasteiger partial charge in [0.25, 0.3) is 5.91 Å². The molecule has 10 heteroatoms. The molecule has 1 amide bonds. The molecule has 2 heterocycles. The van der Waals surface area contributed by atoms with E-state index in [0.717, 1.165) is 69.4 Å². The molecule has 1 aliphatic carbocycles. The van der Waals surface area contributed by atoms with Crippen molar-refractivity contribution < 1.29 is 37.8 Å². The summed E-state index contributed by atoms with van der Waals surface area (Å²) in [5.41, 5.74) is 1.52. The lowest BCUT2D eigenvalue weighted by Gasteiger charge is -2.43. The van der Waals surface area contributed by atoms with Crippen molar-refractivity contribution in [3.63, 3.8) is 0 Å². The summed E-state index contributed by atoms with van der Waals surface area (Å²) < 4.78 is 21.8. The minimum Gasteiger partial charge on any atom is -0.466 e. The quantitative estimate of drug-likeness (QED) is 0.140. The number of ether oxygens (including phenoxy) is 3. The number of anilines is 1. The van der Waals surface area contributed by atoms with Gasteiger partial charge in [-0.25, -0.2) is 0 Å². The van der Waals surface area contributed by atoms with Gasteiger partial charge in [-0.3, -0.25) is 19.2 Å². The molecule has 0 radical (unpaired) electrons. The Balaban J connectivity index is 1.42. The number of piperidine rings is 1. The van der Waals surface area contributed by atoms with Gasteiger partial charge >= 0.3 is 17.9 Å². The van der Waals surface area contributed by atoms with Crippen LogP contribution in [-0.4, -0.2) is 74.2 Å². The van der Waals surface area contributed by atoms with Gasteiger partial charge in [-0.05, 0) is 94.5 Å². The average Bonchev–Trinajstić information content (AvgIpc) is 3.62. The average molecular weight is 667 g/mol. The SMILES string of the molecule is CC(=O)OCCC(CCC1(CCN2CCC(N(C(=O)c3ccco3)c3ccc(C)cc3)CC2)CCCCC1)(COC(C)=O)COC(C)=O. The first kappa shape index (κ1) is 37.2. The second-order valence-corrected chi connectivity index (χ2v) is 14.0. The van der Waals surface area contributed by atoms with E-state index in [1.54, 1.807) is 18.4 Å². The maximum atomic E-state index is 13.6. The molecule has 48 heavy (non-hydrogen) atoms. The van der Waals surface area contributed by atoms with Crippen LogP contribution in [0.2, 0.25) is 0 Å². The van der Waals surface area contributed by atoms with Crippen molar-refractivity contribution in [2.24, 2.45) is 10.8 Å². The molecule has 2 fully saturated rings. The van der Waals surface area contributed by atoms with Gasteiger partial charge < -0.3 is 28.4 Å². The number of hydrogen-bond donors (Lipinski definition) is 0. The zero-order valence-electron chi connectivity index (χ0n) is 29.3. The highest BCUT2D eigenvalue weighted by atomic mass is 16.6. The topological polar surface area (TPSA) is 116 Å². The van der Waals surface area contributed by atoms with Gasteiger partial charge in [-0.2, -0.15) is 0 Å². The van der Waals surface area contributed by atoms with Crippen LogP contribution < -0.4 is 4.90 Å². The molecule has 0 spiro atoms. The highest BCUT2D eigenvalue weighted by Crippen LogP contribution is 2.46. The number of nitrogens with zero attached hydrogens (tertiary/aromatic N) is 2. The van der Waals surface area contributed by atoms with Gasteiger partial charge in [0.15, 0.2) is 5.76 Å². The fraction of sp³-hybridized carbons (Fsp3) is 0.632. The van der Waals surface area contributed by atoms with E-state index >= 15 is 0 Å². The molecule has 0 N–H and O–H groups in total. The van der Waals surface area contributed by atoms with Gasteiger partial charge in [-0.1, -0.05) is 37.0 Å². The van der Waals surface area contributed by atoms with E-state index in [4.69, 9.17) is 18.6 Å². The maximum absolute atomic E-state index is 13.6. The Bertz CT molecular complexity index is 1310. The first-order valence-electron chi connectivity index (χ1n) is 17.6. The fourth-order valence-corrected chi connectivity index (χ4v) is 7.35. The van der Waals surface area contributed by atoms with Crippen LogP contribution >= 0.6 is 0 Å². The lowest BCUT2D eigenvalue weighted by atomic mass is 9.66. The number of rotatable bonds is 16. The van der Waals surface area contributed by atoms with E-state index in [2.05, 4.69) is 4.90 Å². The van der Waals surface area contributed by atoms with Crippen LogP contribution in [0, 0.1) is 17.8 Å². The van der Waals surface area contributed by atoms with Crippen molar-refractivity contribution in [3.05, 3.63) is 54.0 Å². The molecular weight excluding hydrogens is 612 g/mol. The van der Waals surface area contributed by atoms with Crippen LogP contribution in [0.1, 0.15) is 108 Å². The molecule has 1 saturated carbocycles. The van der Waals surface area contributed by atoms with E-state index in [1.807, 2.05) is 36.1 Å². The molecule has 0 bridgehead atoms. The number of benzene rings is 1. The Kier molecular flexibility index (Phi) is 13.7. The van der Waals surface area contributed by atoms with Crippen LogP contribution in [-0.2, 0) is 28.6 Å². The lowest BCUT2D eigenvalue weighted by Crippen LogP contribution is -2.48. The van der Waals surface area contributed by atoms with Gasteiger partial charge in [0.1, 0.15) is 13.2 Å². The Morgan fingerprint density at radius 3 is 2.04 bits per heavy atom. The van der Waals surface area contributed by atoms with Crippen LogP contribution in [0.4, 0.5) is 5.69 Å². The monoisotopic (exact) mass is 666 g/mol. The summed E-state index contributed by atoms with van der Waals surface area (Å²) in [6, 6.07) is 11.7. The molecule has 264 valence electrons. The maximum Gasteiger partial charge on any atom is 0.302 e. The van der Waals surface area contributed by atoms with Crippen molar-refractivity contribution in [2.75, 3.05) is 44.4 Å². The summed E-state index contributed by atoms with van der Waals surface area (Å²) >= 11 is 0. The van der Waals surface area contributed by atoms with Crippen molar-refractivity contribution in [1.82, 2.24) is 4.90 Å². The van der Waals surface area contributed by atoms with Gasteiger partial charge in [-0.15, -0.1) is 0 Å². The predicted octanol–water partition coefficient (Wildman–Crippen LogP) is 6.89. The van der Waals surface area contributed by atoms with Gasteiger partial charge in [0.2, 0.25) is 0 Å². The number of aryl methyl sites for hydroxylation is 1. The first-order chi connectivity index (χ1) is 23.0. The third kappa shape index (κ3) is 10.9. The number of hydrogen-bond acceptors (Lipinski definition) is 9. The summed E-state index contributed by atoms with van der Waals surface area (Å²) in [4.78, 5) is 53.3. The number of furan rings is 1. The van der Waals surface area contributed by atoms with Crippen molar-refractivity contribution in [3.8, 4) is 0 Å². The molecule has 0 unspecified atom stereocenters. The summed E-state index contributed by atoms with van der Waals surface area (Å²) in [7, 11) is 0. The molecule has 10 nitrogen and oxygen atoms in total. The van der Waals surface area contributed by atoms with Gasteiger partial charge in [0, 0.05) is 51.0 Å². The largest absolute Gasteiger partial charge is 0.466 e. The minimum atomic E-state index is -0.643. The van der Waals surface area contributed by atoms with Gasteiger partial charge in [0.05, 0.1) is 12.9 Å². The van der Waals surface area contributed by atoms with E-state index in [0.29, 0.717) is 18.6 Å². The Labute approximate surface area is 285 Å². The van der Waals surface area contributed by atoms with Crippen molar-refractivity contribution >= 4 is 29.5 Å². The lowest BCUT2D eigenvalue weighted by molar-refractivity contribution is -0.156. The van der Waals surface area contributed by atoms with Crippen LogP contribution in [0.3, 0.4) is 0 Å². The van der Waals surface area contributed by atoms with Crippen LogP contribution in [0.25, 0.3) is 0 Å². The number of amides is 1. The summed E-state index contributed by atoms with van der Waals surface area (Å²) in [6.45, 7) is 9.32. The Morgan fingerprint density at radius 1 is 0.854 bits per heavy atom. The molecule has 0 atom stereocenters. The number of carbonyl (C=O) groups is 4. The van der Waals surface area contributed by atoms with Crippen LogP contribution in [0.15, 0.2) is 47.1 Å². The highest BCUT2D eigenvalue weighted by Gasteiger charge is 2.40. The first-order valence-corrected chi connectivity index (χ1v) is 17.6. The second-order valence-electron chi connectivity index (χ2n) is 14.0. The fourth-order valence-electron chi connectivity index (χ4n) is 7.35. The number of likely N-dealkylation sites (tertiary alicyclic amines) is 1. The van der Waals surface area contributed by atoms with E-state index in [9.17, 15) is 19.2 Å².